The zero-order valence-electron chi connectivity index (χ0n) is 9.78. The van der Waals surface area contributed by atoms with Gasteiger partial charge in [0.05, 0.1) is 11.4 Å². The Bertz CT molecular complexity index is 372. The monoisotopic (exact) mass is 216 g/mol. The van der Waals surface area contributed by atoms with Gasteiger partial charge in [-0.05, 0) is 25.0 Å². The zero-order valence-corrected chi connectivity index (χ0v) is 9.78. The van der Waals surface area contributed by atoms with Gasteiger partial charge in [-0.1, -0.05) is 31.4 Å². The molecule has 0 aromatic heterocycles. The predicted octanol–water partition coefficient (Wildman–Crippen LogP) is 3.04. The van der Waals surface area contributed by atoms with Crippen molar-refractivity contribution in [1.29, 1.82) is 0 Å². The summed E-state index contributed by atoms with van der Waals surface area (Å²) in [5.41, 5.74) is 8.81. The maximum atomic E-state index is 6.01. The van der Waals surface area contributed by atoms with Gasteiger partial charge in [0, 0.05) is 18.5 Å². The molecule has 1 saturated carbocycles. The standard InChI is InChI=1S/C14H20N2/c15-12-6-2-3-7-13(12)16-10-14(11-16)8-4-1-5-9-14/h2-3,6-7H,1,4-5,8-11,15H2. The summed E-state index contributed by atoms with van der Waals surface area (Å²) in [6.07, 6.45) is 7.15. The number of nitrogen functional groups attached to an aromatic ring is 1. The fourth-order valence-corrected chi connectivity index (χ4v) is 3.33. The molecule has 1 aromatic rings. The molecule has 1 aliphatic carbocycles. The van der Waals surface area contributed by atoms with Crippen LogP contribution in [0.5, 0.6) is 0 Å². The molecule has 1 aliphatic heterocycles. The molecule has 0 bridgehead atoms. The van der Waals surface area contributed by atoms with E-state index in [2.05, 4.69) is 17.0 Å². The van der Waals surface area contributed by atoms with Crippen molar-refractivity contribution in [3.05, 3.63) is 24.3 Å². The Hall–Kier alpha value is -1.18. The van der Waals surface area contributed by atoms with Crippen LogP contribution in [0.2, 0.25) is 0 Å². The van der Waals surface area contributed by atoms with Gasteiger partial charge in [0.15, 0.2) is 0 Å². The van der Waals surface area contributed by atoms with E-state index in [1.807, 2.05) is 12.1 Å². The molecule has 2 nitrogen and oxygen atoms in total. The van der Waals surface area contributed by atoms with Gasteiger partial charge in [-0.15, -0.1) is 0 Å². The average Bonchev–Trinajstić information content (AvgIpc) is 2.28. The lowest BCUT2D eigenvalue weighted by molar-refractivity contribution is 0.139. The Morgan fingerprint density at radius 2 is 1.69 bits per heavy atom. The summed E-state index contributed by atoms with van der Waals surface area (Å²) in [5.74, 6) is 0. The van der Waals surface area contributed by atoms with E-state index in [1.165, 1.54) is 50.9 Å². The van der Waals surface area contributed by atoms with Crippen molar-refractivity contribution < 1.29 is 0 Å². The van der Waals surface area contributed by atoms with E-state index in [0.29, 0.717) is 5.41 Å². The Balaban J connectivity index is 1.71. The normalized spacial score (nSPS) is 23.1. The van der Waals surface area contributed by atoms with Gasteiger partial charge >= 0.3 is 0 Å². The van der Waals surface area contributed by atoms with Crippen LogP contribution >= 0.6 is 0 Å². The van der Waals surface area contributed by atoms with Crippen LogP contribution in [0.1, 0.15) is 32.1 Å². The molecule has 2 N–H and O–H groups in total. The summed E-state index contributed by atoms with van der Waals surface area (Å²) in [7, 11) is 0. The number of rotatable bonds is 1. The van der Waals surface area contributed by atoms with Gasteiger partial charge in [0.2, 0.25) is 0 Å². The molecule has 1 heterocycles. The minimum absolute atomic E-state index is 0.639. The summed E-state index contributed by atoms with van der Waals surface area (Å²) < 4.78 is 0. The smallest absolute Gasteiger partial charge is 0.0600 e. The first-order valence-electron chi connectivity index (χ1n) is 6.39. The van der Waals surface area contributed by atoms with Crippen LogP contribution in [0.4, 0.5) is 11.4 Å². The van der Waals surface area contributed by atoms with Crippen LogP contribution < -0.4 is 10.6 Å². The van der Waals surface area contributed by atoms with Crippen molar-refractivity contribution in [3.63, 3.8) is 0 Å². The molecule has 2 aliphatic rings. The van der Waals surface area contributed by atoms with E-state index < -0.39 is 0 Å². The second-order valence-electron chi connectivity index (χ2n) is 5.48. The molecule has 0 atom stereocenters. The highest BCUT2D eigenvalue weighted by atomic mass is 15.2. The summed E-state index contributed by atoms with van der Waals surface area (Å²) in [5, 5.41) is 0. The van der Waals surface area contributed by atoms with Crippen LogP contribution in [0.3, 0.4) is 0 Å². The molecule has 1 aromatic carbocycles. The minimum Gasteiger partial charge on any atom is -0.397 e. The number of para-hydroxylation sites is 2. The fraction of sp³-hybridized carbons (Fsp3) is 0.571. The summed E-state index contributed by atoms with van der Waals surface area (Å²) in [6, 6.07) is 8.23. The molecule has 16 heavy (non-hydrogen) atoms. The molecule has 86 valence electrons. The summed E-state index contributed by atoms with van der Waals surface area (Å²) in [4.78, 5) is 2.45. The average molecular weight is 216 g/mol. The number of anilines is 2. The number of nitrogens with zero attached hydrogens (tertiary/aromatic N) is 1. The van der Waals surface area contributed by atoms with Crippen LogP contribution in [0.25, 0.3) is 0 Å². The van der Waals surface area contributed by atoms with E-state index in [0.717, 1.165) is 5.69 Å². The van der Waals surface area contributed by atoms with Gasteiger partial charge in [0.1, 0.15) is 0 Å². The van der Waals surface area contributed by atoms with Gasteiger partial charge in [-0.25, -0.2) is 0 Å². The Morgan fingerprint density at radius 3 is 2.38 bits per heavy atom. The van der Waals surface area contributed by atoms with Gasteiger partial charge in [-0.3, -0.25) is 0 Å². The van der Waals surface area contributed by atoms with Crippen molar-refractivity contribution in [1.82, 2.24) is 0 Å². The number of nitrogens with two attached hydrogens (primary N) is 1. The Morgan fingerprint density at radius 1 is 1.00 bits per heavy atom. The molecule has 2 fully saturated rings. The highest BCUT2D eigenvalue weighted by molar-refractivity contribution is 5.68. The molecule has 0 amide bonds. The lowest BCUT2D eigenvalue weighted by Gasteiger charge is -2.53. The van der Waals surface area contributed by atoms with Gasteiger partial charge in [0.25, 0.3) is 0 Å². The van der Waals surface area contributed by atoms with Gasteiger partial charge in [-0.2, -0.15) is 0 Å². The molecule has 0 unspecified atom stereocenters. The maximum absolute atomic E-state index is 6.01. The van der Waals surface area contributed by atoms with E-state index in [9.17, 15) is 0 Å². The highest BCUT2D eigenvalue weighted by Crippen LogP contribution is 2.46. The fourth-order valence-electron chi connectivity index (χ4n) is 3.33. The third-order valence-corrected chi connectivity index (χ3v) is 4.24. The van der Waals surface area contributed by atoms with Crippen LogP contribution in [0.15, 0.2) is 24.3 Å². The topological polar surface area (TPSA) is 29.3 Å². The molecular formula is C14H20N2. The minimum atomic E-state index is 0.639. The van der Waals surface area contributed by atoms with Crippen molar-refractivity contribution in [2.75, 3.05) is 23.7 Å². The number of hydrogen-bond donors (Lipinski definition) is 1. The van der Waals surface area contributed by atoms with Crippen molar-refractivity contribution >= 4 is 11.4 Å². The second kappa shape index (κ2) is 3.69. The maximum Gasteiger partial charge on any atom is 0.0600 e. The van der Waals surface area contributed by atoms with Crippen LogP contribution in [-0.4, -0.2) is 13.1 Å². The summed E-state index contributed by atoms with van der Waals surface area (Å²) >= 11 is 0. The van der Waals surface area contributed by atoms with E-state index in [-0.39, 0.29) is 0 Å². The lowest BCUT2D eigenvalue weighted by Crippen LogP contribution is -2.57. The first kappa shape index (κ1) is 10.0. The second-order valence-corrected chi connectivity index (χ2v) is 5.48. The number of hydrogen-bond acceptors (Lipinski definition) is 2. The molecular weight excluding hydrogens is 196 g/mol. The van der Waals surface area contributed by atoms with Crippen LogP contribution in [0, 0.1) is 5.41 Å². The quantitative estimate of drug-likeness (QED) is 0.731. The van der Waals surface area contributed by atoms with Crippen LogP contribution in [-0.2, 0) is 0 Å². The third kappa shape index (κ3) is 1.57. The first-order valence-corrected chi connectivity index (χ1v) is 6.39. The lowest BCUT2D eigenvalue weighted by atomic mass is 9.68. The zero-order chi connectivity index (χ0) is 11.0. The molecule has 2 heteroatoms. The molecule has 1 spiro atoms. The molecule has 3 rings (SSSR count). The largest absolute Gasteiger partial charge is 0.397 e. The Kier molecular flexibility index (Phi) is 2.31. The van der Waals surface area contributed by atoms with E-state index in [4.69, 9.17) is 5.73 Å². The first-order chi connectivity index (χ1) is 7.79. The molecule has 0 radical (unpaired) electrons. The predicted molar refractivity (Wildman–Crippen MR) is 68.6 cm³/mol. The van der Waals surface area contributed by atoms with E-state index in [1.54, 1.807) is 0 Å². The van der Waals surface area contributed by atoms with Gasteiger partial charge < -0.3 is 10.6 Å². The highest BCUT2D eigenvalue weighted by Gasteiger charge is 2.43. The van der Waals surface area contributed by atoms with Crippen molar-refractivity contribution in [2.45, 2.75) is 32.1 Å². The SMILES string of the molecule is Nc1ccccc1N1CC2(CCCCC2)C1. The van der Waals surface area contributed by atoms with E-state index >= 15 is 0 Å². The Labute approximate surface area is 97.4 Å². The number of benzene rings is 1. The third-order valence-electron chi connectivity index (χ3n) is 4.24. The summed E-state index contributed by atoms with van der Waals surface area (Å²) in [6.45, 7) is 2.45. The molecule has 1 saturated heterocycles. The van der Waals surface area contributed by atoms with Crippen molar-refractivity contribution in [3.8, 4) is 0 Å². The van der Waals surface area contributed by atoms with Crippen molar-refractivity contribution in [2.24, 2.45) is 5.41 Å².